The number of hydrogen-bond acceptors (Lipinski definition) is 5. The average Bonchev–Trinajstić information content (AvgIpc) is 2.99. The number of nitrogens with zero attached hydrogens (tertiary/aromatic N) is 1. The lowest BCUT2D eigenvalue weighted by molar-refractivity contribution is -0.134. The summed E-state index contributed by atoms with van der Waals surface area (Å²) < 4.78 is 1.62. The second-order valence-corrected chi connectivity index (χ2v) is 6.70. The van der Waals surface area contributed by atoms with Crippen LogP contribution >= 0.6 is 12.4 Å². The highest BCUT2D eigenvalue weighted by molar-refractivity contribution is 6.26. The third kappa shape index (κ3) is 3.39. The van der Waals surface area contributed by atoms with Crippen molar-refractivity contribution in [3.8, 4) is 11.3 Å². The third-order valence-electron chi connectivity index (χ3n) is 4.95. The Balaban J connectivity index is 0.00000240. The number of pyridine rings is 1. The predicted octanol–water partition coefficient (Wildman–Crippen LogP) is 2.48. The molecule has 8 heteroatoms. The van der Waals surface area contributed by atoms with Gasteiger partial charge in [-0.3, -0.25) is 14.4 Å². The fraction of sp³-hybridized carbons (Fsp3) is 0.190. The van der Waals surface area contributed by atoms with Crippen molar-refractivity contribution in [1.29, 1.82) is 0 Å². The Morgan fingerprint density at radius 3 is 2.48 bits per heavy atom. The molecule has 1 heterocycles. The summed E-state index contributed by atoms with van der Waals surface area (Å²) in [5, 5.41) is 12.6. The molecule has 150 valence electrons. The van der Waals surface area contributed by atoms with Gasteiger partial charge in [-0.2, -0.15) is 0 Å². The zero-order chi connectivity index (χ0) is 19.8. The fourth-order valence-electron chi connectivity index (χ4n) is 3.73. The number of carbonyl (C=O) groups excluding carboxylic acids is 1. The summed E-state index contributed by atoms with van der Waals surface area (Å²) in [4.78, 5) is 37.2. The maximum atomic E-state index is 13.3. The second-order valence-electron chi connectivity index (χ2n) is 6.70. The van der Waals surface area contributed by atoms with Crippen LogP contribution in [0.4, 0.5) is 5.69 Å². The summed E-state index contributed by atoms with van der Waals surface area (Å²) >= 11 is 0. The lowest BCUT2D eigenvalue weighted by atomic mass is 10.0. The van der Waals surface area contributed by atoms with E-state index in [0.717, 1.165) is 5.56 Å². The maximum absolute atomic E-state index is 13.3. The number of fused-ring (bicyclic) bond motifs is 5. The standard InChI is InChI=1S/C21H19N3O4.ClH/c22-8-3-9-24-19-14-4-1-2-5-15(14)20(27)18(19)13-7-6-12(23-11-17(25)26)10-16(13)21(24)28;/h1-2,4-7,10,23H,3,8-9,11,22H2,(H,25,26);1H. The van der Waals surface area contributed by atoms with E-state index >= 15 is 0 Å². The molecule has 1 aromatic heterocycles. The molecule has 2 aromatic carbocycles. The van der Waals surface area contributed by atoms with E-state index in [1.165, 1.54) is 0 Å². The molecule has 0 radical (unpaired) electrons. The quantitative estimate of drug-likeness (QED) is 0.447. The second kappa shape index (κ2) is 8.06. The number of carbonyl (C=O) groups is 2. The van der Waals surface area contributed by atoms with Crippen LogP contribution in [-0.4, -0.2) is 34.5 Å². The van der Waals surface area contributed by atoms with Gasteiger partial charge >= 0.3 is 5.97 Å². The highest BCUT2D eigenvalue weighted by Crippen LogP contribution is 2.39. The van der Waals surface area contributed by atoms with E-state index in [1.807, 2.05) is 12.1 Å². The minimum Gasteiger partial charge on any atom is -0.480 e. The van der Waals surface area contributed by atoms with Crippen LogP contribution in [0.15, 0.2) is 47.3 Å². The Morgan fingerprint density at radius 1 is 1.07 bits per heavy atom. The molecule has 0 atom stereocenters. The molecule has 0 bridgehead atoms. The van der Waals surface area contributed by atoms with Gasteiger partial charge in [0.1, 0.15) is 6.54 Å². The molecular formula is C21H20ClN3O4. The summed E-state index contributed by atoms with van der Waals surface area (Å²) in [6.07, 6.45) is 0.602. The number of aliphatic carboxylic acids is 1. The number of nitrogens with two attached hydrogens (primary N) is 1. The van der Waals surface area contributed by atoms with E-state index in [2.05, 4.69) is 5.32 Å². The van der Waals surface area contributed by atoms with Crippen molar-refractivity contribution in [2.24, 2.45) is 5.73 Å². The Bertz CT molecular complexity index is 1190. The topological polar surface area (TPSA) is 114 Å². The first-order valence-corrected chi connectivity index (χ1v) is 9.03. The molecule has 0 aliphatic heterocycles. The first-order chi connectivity index (χ1) is 13.5. The fourth-order valence-corrected chi connectivity index (χ4v) is 3.73. The molecule has 0 unspecified atom stereocenters. The van der Waals surface area contributed by atoms with E-state index in [1.54, 1.807) is 34.9 Å². The van der Waals surface area contributed by atoms with Gasteiger partial charge in [0.05, 0.1) is 11.3 Å². The largest absolute Gasteiger partial charge is 0.480 e. The summed E-state index contributed by atoms with van der Waals surface area (Å²) in [6, 6.07) is 12.3. The lowest BCUT2D eigenvalue weighted by Gasteiger charge is -2.15. The number of aromatic nitrogens is 1. The molecule has 0 spiro atoms. The molecule has 29 heavy (non-hydrogen) atoms. The van der Waals surface area contributed by atoms with Crippen molar-refractivity contribution in [2.75, 3.05) is 18.4 Å². The van der Waals surface area contributed by atoms with Crippen LogP contribution in [0.5, 0.6) is 0 Å². The van der Waals surface area contributed by atoms with E-state index in [0.29, 0.717) is 52.8 Å². The predicted molar refractivity (Wildman–Crippen MR) is 114 cm³/mol. The number of ketones is 1. The van der Waals surface area contributed by atoms with Crippen LogP contribution in [0.1, 0.15) is 22.3 Å². The maximum Gasteiger partial charge on any atom is 0.322 e. The molecule has 0 amide bonds. The van der Waals surface area contributed by atoms with Gasteiger partial charge < -0.3 is 20.7 Å². The van der Waals surface area contributed by atoms with E-state index in [-0.39, 0.29) is 30.3 Å². The highest BCUT2D eigenvalue weighted by atomic mass is 35.5. The van der Waals surface area contributed by atoms with Crippen LogP contribution in [0, 0.1) is 0 Å². The van der Waals surface area contributed by atoms with Gasteiger partial charge in [-0.15, -0.1) is 12.4 Å². The number of carboxylic acids is 1. The van der Waals surface area contributed by atoms with Crippen LogP contribution in [0.25, 0.3) is 22.0 Å². The zero-order valence-corrected chi connectivity index (χ0v) is 16.3. The lowest BCUT2D eigenvalue weighted by Crippen LogP contribution is -2.24. The van der Waals surface area contributed by atoms with Gasteiger partial charge in [-0.1, -0.05) is 30.3 Å². The van der Waals surface area contributed by atoms with E-state index < -0.39 is 5.97 Å². The summed E-state index contributed by atoms with van der Waals surface area (Å²) in [5.41, 5.74) is 8.43. The van der Waals surface area contributed by atoms with Crippen LogP contribution in [0.2, 0.25) is 0 Å². The Labute approximate surface area is 172 Å². The smallest absolute Gasteiger partial charge is 0.322 e. The number of rotatable bonds is 6. The van der Waals surface area contributed by atoms with Gasteiger partial charge in [0.15, 0.2) is 5.78 Å². The zero-order valence-electron chi connectivity index (χ0n) is 15.5. The molecule has 1 aliphatic rings. The molecule has 4 N–H and O–H groups in total. The van der Waals surface area contributed by atoms with Gasteiger partial charge in [-0.25, -0.2) is 0 Å². The number of benzene rings is 2. The first kappa shape index (κ1) is 20.6. The van der Waals surface area contributed by atoms with Crippen LogP contribution in [0.3, 0.4) is 0 Å². The summed E-state index contributed by atoms with van der Waals surface area (Å²) in [6.45, 7) is 0.569. The van der Waals surface area contributed by atoms with Gasteiger partial charge in [-0.05, 0) is 25.1 Å². The Hall–Kier alpha value is -3.16. The summed E-state index contributed by atoms with van der Waals surface area (Å²) in [7, 11) is 0. The molecular weight excluding hydrogens is 394 g/mol. The van der Waals surface area contributed by atoms with Crippen molar-refractivity contribution >= 4 is 40.6 Å². The Kier molecular flexibility index (Phi) is 5.72. The van der Waals surface area contributed by atoms with Gasteiger partial charge in [0, 0.05) is 34.1 Å². The van der Waals surface area contributed by atoms with Crippen LogP contribution < -0.4 is 16.6 Å². The van der Waals surface area contributed by atoms with E-state index in [4.69, 9.17) is 10.8 Å². The monoisotopic (exact) mass is 413 g/mol. The normalized spacial score (nSPS) is 11.7. The molecule has 0 saturated carbocycles. The number of anilines is 1. The molecule has 0 fully saturated rings. The number of nitrogens with one attached hydrogen (secondary N) is 1. The number of carboxylic acid groups (broad SMARTS) is 1. The van der Waals surface area contributed by atoms with E-state index in [9.17, 15) is 14.4 Å². The molecule has 1 aliphatic carbocycles. The van der Waals surface area contributed by atoms with Crippen molar-refractivity contribution in [3.63, 3.8) is 0 Å². The number of hydrogen-bond donors (Lipinski definition) is 3. The molecule has 0 saturated heterocycles. The van der Waals surface area contributed by atoms with Crippen molar-refractivity contribution in [3.05, 3.63) is 63.9 Å². The molecule has 4 rings (SSSR count). The van der Waals surface area contributed by atoms with Gasteiger partial charge in [0.25, 0.3) is 5.56 Å². The first-order valence-electron chi connectivity index (χ1n) is 9.03. The minimum atomic E-state index is -1.000. The third-order valence-corrected chi connectivity index (χ3v) is 4.95. The van der Waals surface area contributed by atoms with Crippen molar-refractivity contribution < 1.29 is 14.7 Å². The molecule has 7 nitrogen and oxygen atoms in total. The van der Waals surface area contributed by atoms with Gasteiger partial charge in [0.2, 0.25) is 0 Å². The van der Waals surface area contributed by atoms with Crippen LogP contribution in [-0.2, 0) is 11.3 Å². The minimum absolute atomic E-state index is 0. The van der Waals surface area contributed by atoms with Crippen molar-refractivity contribution in [1.82, 2.24) is 4.57 Å². The Morgan fingerprint density at radius 2 is 1.79 bits per heavy atom. The van der Waals surface area contributed by atoms with Crippen molar-refractivity contribution in [2.45, 2.75) is 13.0 Å². The highest BCUT2D eigenvalue weighted by Gasteiger charge is 2.32. The average molecular weight is 414 g/mol. The summed E-state index contributed by atoms with van der Waals surface area (Å²) in [5.74, 6) is -1.11. The molecule has 3 aromatic rings. The SMILES string of the molecule is Cl.NCCCn1c2c(c3ccc(NCC(=O)O)cc3c1=O)C(=O)c1ccccc1-2. The number of halogens is 1.